The Balaban J connectivity index is 2.42. The molecule has 1 fully saturated rings. The van der Waals surface area contributed by atoms with Crippen molar-refractivity contribution in [1.29, 1.82) is 0 Å². The standard InChI is InChI=1S/C20H30N2O3S/c1-5-11-21-19(23)14-22(18-9-7-6-8-10-18)26(24,25)20-16(3)12-15(2)13-17(20)4/h5,12-13,18H,1,6-11,14H2,2-4H3,(H,21,23). The zero-order chi connectivity index (χ0) is 19.3. The summed E-state index contributed by atoms with van der Waals surface area (Å²) in [6.45, 7) is 9.37. The molecule has 6 heteroatoms. The van der Waals surface area contributed by atoms with Gasteiger partial charge in [0.15, 0.2) is 0 Å². The normalized spacial score (nSPS) is 15.8. The maximum Gasteiger partial charge on any atom is 0.244 e. The molecule has 1 aliphatic carbocycles. The average molecular weight is 379 g/mol. The summed E-state index contributed by atoms with van der Waals surface area (Å²) in [5.41, 5.74) is 2.50. The summed E-state index contributed by atoms with van der Waals surface area (Å²) in [5.74, 6) is -0.290. The SMILES string of the molecule is C=CCNC(=O)CN(C1CCCCC1)S(=O)(=O)c1c(C)cc(C)cc1C. The first kappa shape index (κ1) is 20.6. The lowest BCUT2D eigenvalue weighted by Gasteiger charge is -2.33. The molecule has 1 aromatic rings. The van der Waals surface area contributed by atoms with Crippen molar-refractivity contribution >= 4 is 15.9 Å². The molecule has 0 bridgehead atoms. The fraction of sp³-hybridized carbons (Fsp3) is 0.550. The van der Waals surface area contributed by atoms with E-state index in [4.69, 9.17) is 0 Å². The Morgan fingerprint density at radius 2 is 1.77 bits per heavy atom. The van der Waals surface area contributed by atoms with Crippen molar-refractivity contribution < 1.29 is 13.2 Å². The Morgan fingerprint density at radius 1 is 1.19 bits per heavy atom. The maximum absolute atomic E-state index is 13.5. The van der Waals surface area contributed by atoms with Gasteiger partial charge in [-0.3, -0.25) is 4.79 Å². The van der Waals surface area contributed by atoms with Gasteiger partial charge in [-0.25, -0.2) is 8.42 Å². The van der Waals surface area contributed by atoms with E-state index < -0.39 is 10.0 Å². The minimum Gasteiger partial charge on any atom is -0.351 e. The number of benzene rings is 1. The van der Waals surface area contributed by atoms with Crippen LogP contribution < -0.4 is 5.32 Å². The first-order chi connectivity index (χ1) is 12.3. The second-order valence-electron chi connectivity index (χ2n) is 7.16. The highest BCUT2D eigenvalue weighted by Gasteiger charge is 2.35. The lowest BCUT2D eigenvalue weighted by atomic mass is 9.95. The smallest absolute Gasteiger partial charge is 0.244 e. The maximum atomic E-state index is 13.5. The second-order valence-corrected chi connectivity index (χ2v) is 8.99. The molecule has 0 radical (unpaired) electrons. The van der Waals surface area contributed by atoms with E-state index in [0.29, 0.717) is 11.4 Å². The minimum atomic E-state index is -3.75. The van der Waals surface area contributed by atoms with Gasteiger partial charge in [0.2, 0.25) is 15.9 Å². The fourth-order valence-corrected chi connectivity index (χ4v) is 5.91. The molecule has 144 valence electrons. The van der Waals surface area contributed by atoms with Crippen LogP contribution in [0.4, 0.5) is 0 Å². The number of hydrogen-bond donors (Lipinski definition) is 1. The van der Waals surface area contributed by atoms with Gasteiger partial charge in [-0.05, 0) is 44.7 Å². The van der Waals surface area contributed by atoms with Gasteiger partial charge in [0.25, 0.3) is 0 Å². The lowest BCUT2D eigenvalue weighted by molar-refractivity contribution is -0.121. The number of nitrogens with one attached hydrogen (secondary N) is 1. The summed E-state index contributed by atoms with van der Waals surface area (Å²) in [5, 5.41) is 2.70. The summed E-state index contributed by atoms with van der Waals surface area (Å²) in [7, 11) is -3.75. The number of aryl methyl sites for hydroxylation is 3. The predicted octanol–water partition coefficient (Wildman–Crippen LogP) is 3.24. The summed E-state index contributed by atoms with van der Waals surface area (Å²) < 4.78 is 28.5. The number of sulfonamides is 1. The van der Waals surface area contributed by atoms with Gasteiger partial charge in [-0.1, -0.05) is 43.0 Å². The minimum absolute atomic E-state index is 0.122. The third kappa shape index (κ3) is 4.74. The highest BCUT2D eigenvalue weighted by atomic mass is 32.2. The number of carbonyl (C=O) groups is 1. The molecule has 0 saturated heterocycles. The largest absolute Gasteiger partial charge is 0.351 e. The molecular weight excluding hydrogens is 348 g/mol. The molecule has 1 saturated carbocycles. The highest BCUT2D eigenvalue weighted by molar-refractivity contribution is 7.89. The van der Waals surface area contributed by atoms with Crippen molar-refractivity contribution in [3.8, 4) is 0 Å². The quantitative estimate of drug-likeness (QED) is 0.741. The molecule has 0 aromatic heterocycles. The molecular formula is C20H30N2O3S. The Bertz CT molecular complexity index is 742. The average Bonchev–Trinajstić information content (AvgIpc) is 2.57. The Kier molecular flexibility index (Phi) is 7.01. The predicted molar refractivity (Wildman–Crippen MR) is 105 cm³/mol. The first-order valence-electron chi connectivity index (χ1n) is 9.24. The Morgan fingerprint density at radius 3 is 2.31 bits per heavy atom. The number of nitrogens with zero attached hydrogens (tertiary/aromatic N) is 1. The summed E-state index contributed by atoms with van der Waals surface area (Å²) in [4.78, 5) is 12.6. The van der Waals surface area contributed by atoms with Crippen molar-refractivity contribution in [3.63, 3.8) is 0 Å². The number of rotatable bonds is 7. The summed E-state index contributed by atoms with van der Waals surface area (Å²) in [6.07, 6.45) is 6.31. The van der Waals surface area contributed by atoms with E-state index in [2.05, 4.69) is 11.9 Å². The molecule has 0 heterocycles. The molecule has 0 spiro atoms. The van der Waals surface area contributed by atoms with Gasteiger partial charge < -0.3 is 5.32 Å². The fourth-order valence-electron chi connectivity index (χ4n) is 3.85. The van der Waals surface area contributed by atoms with Crippen LogP contribution in [0.3, 0.4) is 0 Å². The van der Waals surface area contributed by atoms with Crippen LogP contribution in [-0.4, -0.2) is 37.8 Å². The van der Waals surface area contributed by atoms with Crippen LogP contribution in [0.5, 0.6) is 0 Å². The van der Waals surface area contributed by atoms with E-state index >= 15 is 0 Å². The summed E-state index contributed by atoms with van der Waals surface area (Å²) in [6, 6.07) is 3.65. The van der Waals surface area contributed by atoms with Crippen LogP contribution in [0.15, 0.2) is 29.7 Å². The molecule has 1 N–H and O–H groups in total. The van der Waals surface area contributed by atoms with Gasteiger partial charge in [0.1, 0.15) is 0 Å². The molecule has 1 aliphatic rings. The topological polar surface area (TPSA) is 66.5 Å². The van der Waals surface area contributed by atoms with Gasteiger partial charge in [0.05, 0.1) is 11.4 Å². The van der Waals surface area contributed by atoms with Gasteiger partial charge in [-0.2, -0.15) is 4.31 Å². The second kappa shape index (κ2) is 8.82. The van der Waals surface area contributed by atoms with E-state index in [-0.39, 0.29) is 18.5 Å². The molecule has 2 rings (SSSR count). The van der Waals surface area contributed by atoms with Gasteiger partial charge in [0, 0.05) is 12.6 Å². The van der Waals surface area contributed by atoms with Crippen LogP contribution in [0.2, 0.25) is 0 Å². The molecule has 0 unspecified atom stereocenters. The van der Waals surface area contributed by atoms with Gasteiger partial charge in [-0.15, -0.1) is 6.58 Å². The van der Waals surface area contributed by atoms with E-state index in [1.807, 2.05) is 32.9 Å². The van der Waals surface area contributed by atoms with E-state index in [0.717, 1.165) is 48.8 Å². The highest BCUT2D eigenvalue weighted by Crippen LogP contribution is 2.31. The first-order valence-corrected chi connectivity index (χ1v) is 10.7. The van der Waals surface area contributed by atoms with Crippen molar-refractivity contribution in [2.75, 3.05) is 13.1 Å². The molecule has 26 heavy (non-hydrogen) atoms. The molecule has 5 nitrogen and oxygen atoms in total. The monoisotopic (exact) mass is 378 g/mol. The van der Waals surface area contributed by atoms with Crippen molar-refractivity contribution in [3.05, 3.63) is 41.5 Å². The number of hydrogen-bond acceptors (Lipinski definition) is 3. The number of carbonyl (C=O) groups excluding carboxylic acids is 1. The van der Waals surface area contributed by atoms with Crippen LogP contribution in [0.25, 0.3) is 0 Å². The number of amides is 1. The van der Waals surface area contributed by atoms with Crippen molar-refractivity contribution in [1.82, 2.24) is 9.62 Å². The Hall–Kier alpha value is -1.66. The van der Waals surface area contributed by atoms with Crippen LogP contribution in [0.1, 0.15) is 48.8 Å². The van der Waals surface area contributed by atoms with E-state index in [1.54, 1.807) is 6.08 Å². The van der Waals surface area contributed by atoms with E-state index in [1.165, 1.54) is 4.31 Å². The molecule has 1 amide bonds. The zero-order valence-corrected chi connectivity index (χ0v) is 16.9. The molecule has 0 aliphatic heterocycles. The van der Waals surface area contributed by atoms with Crippen LogP contribution in [0, 0.1) is 20.8 Å². The van der Waals surface area contributed by atoms with Gasteiger partial charge >= 0.3 is 0 Å². The lowest BCUT2D eigenvalue weighted by Crippen LogP contribution is -2.47. The Labute approximate surface area is 157 Å². The molecule has 1 aromatic carbocycles. The van der Waals surface area contributed by atoms with Crippen molar-refractivity contribution in [2.24, 2.45) is 0 Å². The van der Waals surface area contributed by atoms with E-state index in [9.17, 15) is 13.2 Å². The van der Waals surface area contributed by atoms with Crippen LogP contribution in [-0.2, 0) is 14.8 Å². The summed E-state index contributed by atoms with van der Waals surface area (Å²) >= 11 is 0. The third-order valence-electron chi connectivity index (χ3n) is 4.90. The molecule has 0 atom stereocenters. The zero-order valence-electron chi connectivity index (χ0n) is 16.0. The van der Waals surface area contributed by atoms with Crippen LogP contribution >= 0.6 is 0 Å². The van der Waals surface area contributed by atoms with Crippen molar-refractivity contribution in [2.45, 2.75) is 63.8 Å². The third-order valence-corrected chi connectivity index (χ3v) is 7.10.